The highest BCUT2D eigenvalue weighted by Crippen LogP contribution is 2.24. The molecule has 0 saturated carbocycles. The predicted molar refractivity (Wildman–Crippen MR) is 142 cm³/mol. The van der Waals surface area contributed by atoms with Gasteiger partial charge < -0.3 is 0 Å². The average Bonchev–Trinajstić information content (AvgIpc) is 3.54. The van der Waals surface area contributed by atoms with Crippen molar-refractivity contribution in [3.05, 3.63) is 106 Å². The van der Waals surface area contributed by atoms with Crippen molar-refractivity contribution in [3.8, 4) is 22.6 Å². The summed E-state index contributed by atoms with van der Waals surface area (Å²) in [6.07, 6.45) is 3.41. The number of hydrazone groups is 1. The third-order valence-electron chi connectivity index (χ3n) is 5.33. The summed E-state index contributed by atoms with van der Waals surface area (Å²) in [7, 11) is 0. The maximum absolute atomic E-state index is 12.4. The summed E-state index contributed by atoms with van der Waals surface area (Å²) >= 11 is 12.2. The Balaban J connectivity index is 1.29. The van der Waals surface area contributed by atoms with Crippen LogP contribution >= 0.6 is 23.2 Å². The molecule has 9 nitrogen and oxygen atoms in total. The van der Waals surface area contributed by atoms with Gasteiger partial charge in [0.25, 0.3) is 5.91 Å². The van der Waals surface area contributed by atoms with Crippen molar-refractivity contribution >= 4 is 35.3 Å². The van der Waals surface area contributed by atoms with Crippen molar-refractivity contribution in [3.63, 3.8) is 0 Å². The molecule has 37 heavy (non-hydrogen) atoms. The van der Waals surface area contributed by atoms with E-state index >= 15 is 0 Å². The number of hydrogen-bond acceptors (Lipinski definition) is 6. The molecule has 0 radical (unpaired) electrons. The van der Waals surface area contributed by atoms with Crippen LogP contribution in [0.3, 0.4) is 0 Å². The Morgan fingerprint density at radius 3 is 2.38 bits per heavy atom. The number of nitrogens with one attached hydrogen (secondary N) is 1. The largest absolute Gasteiger partial charge is 0.271 e. The number of aromatic nitrogens is 6. The highest BCUT2D eigenvalue weighted by Gasteiger charge is 2.12. The number of benzene rings is 3. The Hall–Kier alpha value is -4.34. The lowest BCUT2D eigenvalue weighted by Crippen LogP contribution is -2.24. The first-order chi connectivity index (χ1) is 18.0. The molecular weight excluding hydrogens is 511 g/mol. The van der Waals surface area contributed by atoms with Crippen LogP contribution in [0.25, 0.3) is 22.6 Å². The third kappa shape index (κ3) is 6.08. The summed E-state index contributed by atoms with van der Waals surface area (Å²) in [5.74, 6) is 0.0523. The quantitative estimate of drug-likeness (QED) is 0.231. The van der Waals surface area contributed by atoms with Gasteiger partial charge in [0.2, 0.25) is 5.82 Å². The summed E-state index contributed by atoms with van der Waals surface area (Å²) in [6.45, 7) is 0.359. The lowest BCUT2D eigenvalue weighted by molar-refractivity contribution is -0.122. The molecule has 0 saturated heterocycles. The Bertz CT molecular complexity index is 1550. The fourth-order valence-electron chi connectivity index (χ4n) is 3.61. The molecule has 3 aromatic carbocycles. The maximum atomic E-state index is 12.4. The molecule has 0 unspecified atom stereocenters. The minimum absolute atomic E-state index is 0.126. The van der Waals surface area contributed by atoms with Gasteiger partial charge in [-0.25, -0.2) is 5.43 Å². The van der Waals surface area contributed by atoms with Crippen molar-refractivity contribution in [2.75, 3.05) is 0 Å². The number of halogens is 2. The van der Waals surface area contributed by atoms with E-state index in [1.807, 2.05) is 79.0 Å². The third-order valence-corrected chi connectivity index (χ3v) is 6.07. The zero-order valence-electron chi connectivity index (χ0n) is 19.4. The Labute approximate surface area is 222 Å². The van der Waals surface area contributed by atoms with Gasteiger partial charge in [0.15, 0.2) is 0 Å². The normalized spacial score (nSPS) is 11.2. The molecule has 0 aliphatic heterocycles. The highest BCUT2D eigenvalue weighted by molar-refractivity contribution is 6.42. The van der Waals surface area contributed by atoms with Gasteiger partial charge in [0.1, 0.15) is 12.2 Å². The standard InChI is InChI=1S/C26H20Cl2N8O/c27-22-12-11-18(13-23(22)28)15-35-16-21(25(32-35)19-7-3-1-4-8-19)14-29-30-24(37)17-36-33-26(31-34-36)20-9-5-2-6-10-20/h1-14,16H,15,17H2,(H,30,37)/b29-14+. The number of amides is 1. The first kappa shape index (κ1) is 24.4. The van der Waals surface area contributed by atoms with E-state index in [-0.39, 0.29) is 6.54 Å². The summed E-state index contributed by atoms with van der Waals surface area (Å²) in [5, 5.41) is 22.0. The van der Waals surface area contributed by atoms with Crippen LogP contribution in [0.2, 0.25) is 10.0 Å². The van der Waals surface area contributed by atoms with Crippen LogP contribution in [-0.2, 0) is 17.9 Å². The minimum Gasteiger partial charge on any atom is -0.271 e. The van der Waals surface area contributed by atoms with Crippen LogP contribution in [0, 0.1) is 0 Å². The van der Waals surface area contributed by atoms with E-state index < -0.39 is 5.91 Å². The van der Waals surface area contributed by atoms with Gasteiger partial charge >= 0.3 is 0 Å². The van der Waals surface area contributed by atoms with Gasteiger partial charge in [-0.15, -0.1) is 10.2 Å². The second-order valence-corrected chi connectivity index (χ2v) is 8.86. The number of hydrogen-bond donors (Lipinski definition) is 1. The SMILES string of the molecule is O=C(Cn1nnc(-c2ccccc2)n1)N/N=C/c1cn(Cc2ccc(Cl)c(Cl)c2)nc1-c1ccccc1. The Morgan fingerprint density at radius 1 is 0.919 bits per heavy atom. The van der Waals surface area contributed by atoms with Gasteiger partial charge in [-0.3, -0.25) is 9.48 Å². The Kier molecular flexibility index (Phi) is 7.34. The summed E-state index contributed by atoms with van der Waals surface area (Å²) in [4.78, 5) is 13.6. The van der Waals surface area contributed by atoms with Gasteiger partial charge in [-0.2, -0.15) is 15.0 Å². The number of carbonyl (C=O) groups excluding carboxylic acids is 1. The van der Waals surface area contributed by atoms with Crippen LogP contribution in [-0.4, -0.2) is 42.1 Å². The molecule has 1 N–H and O–H groups in total. The summed E-state index contributed by atoms with van der Waals surface area (Å²) in [6, 6.07) is 24.6. The fourth-order valence-corrected chi connectivity index (χ4v) is 3.93. The first-order valence-corrected chi connectivity index (χ1v) is 12.0. The second kappa shape index (κ2) is 11.2. The molecule has 0 bridgehead atoms. The molecule has 0 aliphatic rings. The van der Waals surface area contributed by atoms with E-state index in [0.29, 0.717) is 22.4 Å². The highest BCUT2D eigenvalue weighted by atomic mass is 35.5. The summed E-state index contributed by atoms with van der Waals surface area (Å²) < 4.78 is 1.79. The van der Waals surface area contributed by atoms with Crippen molar-refractivity contribution in [1.29, 1.82) is 0 Å². The monoisotopic (exact) mass is 530 g/mol. The zero-order valence-corrected chi connectivity index (χ0v) is 20.9. The van der Waals surface area contributed by atoms with Gasteiger partial charge in [-0.05, 0) is 22.9 Å². The minimum atomic E-state index is -0.391. The van der Waals surface area contributed by atoms with Crippen LogP contribution in [0.1, 0.15) is 11.1 Å². The van der Waals surface area contributed by atoms with E-state index in [0.717, 1.165) is 27.9 Å². The average molecular weight is 531 g/mol. The van der Waals surface area contributed by atoms with Crippen LogP contribution in [0.5, 0.6) is 0 Å². The Morgan fingerprint density at radius 2 is 1.65 bits per heavy atom. The zero-order chi connectivity index (χ0) is 25.6. The molecule has 0 spiro atoms. The molecular formula is C26H20Cl2N8O. The topological polar surface area (TPSA) is 103 Å². The van der Waals surface area contributed by atoms with Gasteiger partial charge in [0, 0.05) is 22.9 Å². The van der Waals surface area contributed by atoms with Crippen molar-refractivity contribution in [2.45, 2.75) is 13.1 Å². The summed E-state index contributed by atoms with van der Waals surface area (Å²) in [5.41, 5.74) is 6.66. The number of rotatable bonds is 8. The van der Waals surface area contributed by atoms with E-state index in [2.05, 4.69) is 25.9 Å². The van der Waals surface area contributed by atoms with Crippen LogP contribution < -0.4 is 5.43 Å². The molecule has 11 heteroatoms. The number of carbonyl (C=O) groups is 1. The van der Waals surface area contributed by atoms with Crippen LogP contribution in [0.4, 0.5) is 0 Å². The van der Waals surface area contributed by atoms with E-state index in [9.17, 15) is 4.79 Å². The molecule has 5 aromatic rings. The number of tetrazole rings is 1. The fraction of sp³-hybridized carbons (Fsp3) is 0.0769. The van der Waals surface area contributed by atoms with E-state index in [1.54, 1.807) is 17.0 Å². The van der Waals surface area contributed by atoms with Crippen molar-refractivity contribution < 1.29 is 4.79 Å². The molecule has 0 aliphatic carbocycles. The molecule has 2 aromatic heterocycles. The lowest BCUT2D eigenvalue weighted by Gasteiger charge is -2.03. The first-order valence-electron chi connectivity index (χ1n) is 11.3. The smallest absolute Gasteiger partial charge is 0.263 e. The van der Waals surface area contributed by atoms with Gasteiger partial charge in [-0.1, -0.05) is 89.9 Å². The van der Waals surface area contributed by atoms with E-state index in [4.69, 9.17) is 28.3 Å². The van der Waals surface area contributed by atoms with E-state index in [1.165, 1.54) is 4.80 Å². The molecule has 2 heterocycles. The molecule has 0 fully saturated rings. The van der Waals surface area contributed by atoms with Crippen molar-refractivity contribution in [2.24, 2.45) is 5.10 Å². The molecule has 5 rings (SSSR count). The molecule has 1 amide bonds. The maximum Gasteiger partial charge on any atom is 0.263 e. The second-order valence-electron chi connectivity index (χ2n) is 8.05. The van der Waals surface area contributed by atoms with Gasteiger partial charge in [0.05, 0.1) is 22.8 Å². The lowest BCUT2D eigenvalue weighted by atomic mass is 10.1. The molecule has 184 valence electrons. The van der Waals surface area contributed by atoms with Crippen LogP contribution in [0.15, 0.2) is 90.2 Å². The number of nitrogens with zero attached hydrogens (tertiary/aromatic N) is 7. The predicted octanol–water partition coefficient (Wildman–Crippen LogP) is 4.71. The van der Waals surface area contributed by atoms with Crippen molar-refractivity contribution in [1.82, 2.24) is 35.4 Å². The molecule has 0 atom stereocenters.